The summed E-state index contributed by atoms with van der Waals surface area (Å²) in [5.74, 6) is -0.480. The summed E-state index contributed by atoms with van der Waals surface area (Å²) in [7, 11) is 0. The number of halogens is 1. The molecule has 0 radical (unpaired) electrons. The molecule has 4 nitrogen and oxygen atoms in total. The minimum absolute atomic E-state index is 0.173. The van der Waals surface area contributed by atoms with E-state index in [2.05, 4.69) is 5.32 Å². The molecule has 0 heterocycles. The normalized spacial score (nSPS) is 11.2. The molecule has 0 saturated carbocycles. The van der Waals surface area contributed by atoms with E-state index in [9.17, 15) is 9.18 Å². The van der Waals surface area contributed by atoms with Crippen LogP contribution in [0.4, 0.5) is 10.1 Å². The first-order valence-corrected chi connectivity index (χ1v) is 6.96. The van der Waals surface area contributed by atoms with Crippen molar-refractivity contribution in [3.8, 4) is 5.75 Å². The van der Waals surface area contributed by atoms with Crippen molar-refractivity contribution < 1.29 is 13.9 Å². The molecule has 1 amide bonds. The van der Waals surface area contributed by atoms with Crippen molar-refractivity contribution in [2.24, 2.45) is 11.1 Å². The summed E-state index contributed by atoms with van der Waals surface area (Å²) in [6, 6.07) is 4.39. The van der Waals surface area contributed by atoms with Gasteiger partial charge in [-0.1, -0.05) is 13.8 Å². The van der Waals surface area contributed by atoms with E-state index in [4.69, 9.17) is 10.5 Å². The number of rotatable bonds is 7. The first kappa shape index (κ1) is 16.4. The van der Waals surface area contributed by atoms with E-state index in [1.807, 2.05) is 13.8 Å². The second-order valence-corrected chi connectivity index (χ2v) is 4.72. The summed E-state index contributed by atoms with van der Waals surface area (Å²) in [6.45, 7) is 6.30. The lowest BCUT2D eigenvalue weighted by atomic mass is 9.81. The highest BCUT2D eigenvalue weighted by Gasteiger charge is 2.33. The van der Waals surface area contributed by atoms with Crippen LogP contribution in [0.3, 0.4) is 0 Å². The highest BCUT2D eigenvalue weighted by Crippen LogP contribution is 2.28. The zero-order valence-electron chi connectivity index (χ0n) is 12.3. The van der Waals surface area contributed by atoms with Gasteiger partial charge in [0.1, 0.15) is 0 Å². The number of hydrogen-bond donors (Lipinski definition) is 2. The number of amides is 1. The number of nitrogens with one attached hydrogen (secondary N) is 1. The number of benzene rings is 1. The number of nitrogens with two attached hydrogens (primary N) is 1. The Kier molecular flexibility index (Phi) is 5.95. The molecule has 0 aromatic heterocycles. The average molecular weight is 282 g/mol. The molecule has 0 bridgehead atoms. The van der Waals surface area contributed by atoms with Gasteiger partial charge in [-0.15, -0.1) is 0 Å². The maximum Gasteiger partial charge on any atom is 0.231 e. The molecule has 0 fully saturated rings. The molecule has 1 rings (SSSR count). The molecule has 3 N–H and O–H groups in total. The molecular formula is C15H23FN2O2. The number of anilines is 1. The highest BCUT2D eigenvalue weighted by atomic mass is 19.1. The summed E-state index contributed by atoms with van der Waals surface area (Å²) in [5, 5.41) is 2.73. The fraction of sp³-hybridized carbons (Fsp3) is 0.533. The molecule has 0 saturated heterocycles. The second kappa shape index (κ2) is 7.24. The van der Waals surface area contributed by atoms with Crippen LogP contribution in [0.25, 0.3) is 0 Å². The van der Waals surface area contributed by atoms with Crippen LogP contribution in [0.1, 0.15) is 33.6 Å². The lowest BCUT2D eigenvalue weighted by Gasteiger charge is -2.28. The van der Waals surface area contributed by atoms with Gasteiger partial charge in [0, 0.05) is 18.3 Å². The SMILES string of the molecule is CCOc1ccc(NC(=O)C(CC)(CC)CN)cc1F. The van der Waals surface area contributed by atoms with E-state index in [0.29, 0.717) is 25.1 Å². The van der Waals surface area contributed by atoms with Gasteiger partial charge in [0.15, 0.2) is 11.6 Å². The van der Waals surface area contributed by atoms with Gasteiger partial charge < -0.3 is 15.8 Å². The van der Waals surface area contributed by atoms with Gasteiger partial charge in [-0.25, -0.2) is 4.39 Å². The zero-order valence-corrected chi connectivity index (χ0v) is 12.3. The van der Waals surface area contributed by atoms with Crippen molar-refractivity contribution in [3.63, 3.8) is 0 Å². The Balaban J connectivity index is 2.88. The molecule has 1 aromatic rings. The van der Waals surface area contributed by atoms with Gasteiger partial charge in [-0.05, 0) is 31.9 Å². The minimum Gasteiger partial charge on any atom is -0.491 e. The molecule has 0 atom stereocenters. The molecule has 1 aromatic carbocycles. The number of hydrogen-bond acceptors (Lipinski definition) is 3. The Labute approximate surface area is 119 Å². The predicted octanol–water partition coefficient (Wildman–Crippen LogP) is 2.93. The lowest BCUT2D eigenvalue weighted by Crippen LogP contribution is -2.41. The standard InChI is InChI=1S/C15H23FN2O2/c1-4-15(5-2,10-17)14(19)18-11-7-8-13(20-6-3)12(16)9-11/h7-9H,4-6,10,17H2,1-3H3,(H,18,19). The van der Waals surface area contributed by atoms with Crippen molar-refractivity contribution in [1.82, 2.24) is 0 Å². The highest BCUT2D eigenvalue weighted by molar-refractivity contribution is 5.95. The van der Waals surface area contributed by atoms with Crippen molar-refractivity contribution in [2.75, 3.05) is 18.5 Å². The third-order valence-corrected chi connectivity index (χ3v) is 3.72. The lowest BCUT2D eigenvalue weighted by molar-refractivity contribution is -0.125. The summed E-state index contributed by atoms with van der Waals surface area (Å²) in [4.78, 5) is 12.3. The van der Waals surface area contributed by atoms with E-state index < -0.39 is 11.2 Å². The summed E-state index contributed by atoms with van der Waals surface area (Å²) < 4.78 is 18.8. The van der Waals surface area contributed by atoms with Crippen molar-refractivity contribution in [3.05, 3.63) is 24.0 Å². The molecule has 0 aliphatic heterocycles. The van der Waals surface area contributed by atoms with E-state index in [1.165, 1.54) is 12.1 Å². The Bertz CT molecular complexity index is 451. The monoisotopic (exact) mass is 282 g/mol. The van der Waals surface area contributed by atoms with Crippen LogP contribution < -0.4 is 15.8 Å². The van der Waals surface area contributed by atoms with Crippen LogP contribution in [-0.2, 0) is 4.79 Å². The molecule has 5 heteroatoms. The maximum atomic E-state index is 13.7. The van der Waals surface area contributed by atoms with Gasteiger partial charge >= 0.3 is 0 Å². The van der Waals surface area contributed by atoms with E-state index in [-0.39, 0.29) is 18.2 Å². The van der Waals surface area contributed by atoms with Crippen LogP contribution in [0.2, 0.25) is 0 Å². The summed E-state index contributed by atoms with van der Waals surface area (Å²) >= 11 is 0. The largest absolute Gasteiger partial charge is 0.491 e. The van der Waals surface area contributed by atoms with Gasteiger partial charge in [0.25, 0.3) is 0 Å². The third kappa shape index (κ3) is 3.48. The Morgan fingerprint density at radius 2 is 2.00 bits per heavy atom. The predicted molar refractivity (Wildman–Crippen MR) is 78.3 cm³/mol. The maximum absolute atomic E-state index is 13.7. The minimum atomic E-state index is -0.602. The first-order chi connectivity index (χ1) is 9.52. The van der Waals surface area contributed by atoms with Gasteiger partial charge in [-0.2, -0.15) is 0 Å². The van der Waals surface area contributed by atoms with Crippen LogP contribution >= 0.6 is 0 Å². The fourth-order valence-corrected chi connectivity index (χ4v) is 2.07. The van der Waals surface area contributed by atoms with Crippen molar-refractivity contribution in [1.29, 1.82) is 0 Å². The number of ether oxygens (including phenoxy) is 1. The summed E-state index contributed by atoms with van der Waals surface area (Å²) in [6.07, 6.45) is 1.29. The fourth-order valence-electron chi connectivity index (χ4n) is 2.07. The van der Waals surface area contributed by atoms with E-state index in [0.717, 1.165) is 0 Å². The van der Waals surface area contributed by atoms with E-state index in [1.54, 1.807) is 13.0 Å². The Hall–Kier alpha value is -1.62. The van der Waals surface area contributed by atoms with Crippen LogP contribution in [0.5, 0.6) is 5.75 Å². The Morgan fingerprint density at radius 3 is 2.45 bits per heavy atom. The van der Waals surface area contributed by atoms with Gasteiger partial charge in [0.2, 0.25) is 5.91 Å². The molecule has 0 unspecified atom stereocenters. The average Bonchev–Trinajstić information content (AvgIpc) is 2.44. The summed E-state index contributed by atoms with van der Waals surface area (Å²) in [5.41, 5.74) is 5.53. The van der Waals surface area contributed by atoms with Crippen molar-refractivity contribution in [2.45, 2.75) is 33.6 Å². The van der Waals surface area contributed by atoms with Crippen molar-refractivity contribution >= 4 is 11.6 Å². The Morgan fingerprint density at radius 1 is 1.35 bits per heavy atom. The first-order valence-electron chi connectivity index (χ1n) is 6.96. The topological polar surface area (TPSA) is 64.3 Å². The van der Waals surface area contributed by atoms with Crippen LogP contribution in [0, 0.1) is 11.2 Å². The second-order valence-electron chi connectivity index (χ2n) is 4.72. The van der Waals surface area contributed by atoms with Gasteiger partial charge in [0.05, 0.1) is 12.0 Å². The number of carbonyl (C=O) groups excluding carboxylic acids is 1. The molecular weight excluding hydrogens is 259 g/mol. The van der Waals surface area contributed by atoms with E-state index >= 15 is 0 Å². The molecule has 0 spiro atoms. The van der Waals surface area contributed by atoms with Crippen LogP contribution in [0.15, 0.2) is 18.2 Å². The number of carbonyl (C=O) groups is 1. The molecule has 112 valence electrons. The molecule has 0 aliphatic carbocycles. The zero-order chi connectivity index (χ0) is 15.2. The third-order valence-electron chi connectivity index (χ3n) is 3.72. The van der Waals surface area contributed by atoms with Gasteiger partial charge in [-0.3, -0.25) is 4.79 Å². The smallest absolute Gasteiger partial charge is 0.231 e. The molecule has 20 heavy (non-hydrogen) atoms. The quantitative estimate of drug-likeness (QED) is 0.808. The van der Waals surface area contributed by atoms with Crippen LogP contribution in [-0.4, -0.2) is 19.1 Å². The molecule has 0 aliphatic rings.